The minimum Gasteiger partial charge on any atom is -0.497 e. The molecular formula is C21H20N4O5. The average Bonchev–Trinajstić information content (AvgIpc) is 2.75. The number of aromatic nitrogens is 2. The van der Waals surface area contributed by atoms with Crippen molar-refractivity contribution in [3.05, 3.63) is 86.7 Å². The van der Waals surface area contributed by atoms with Crippen molar-refractivity contribution in [1.29, 1.82) is 0 Å². The molecule has 0 spiro atoms. The lowest BCUT2D eigenvalue weighted by Crippen LogP contribution is -2.32. The molecule has 30 heavy (non-hydrogen) atoms. The zero-order valence-electron chi connectivity index (χ0n) is 16.3. The summed E-state index contributed by atoms with van der Waals surface area (Å²) >= 11 is 0. The Morgan fingerprint density at radius 1 is 1.10 bits per heavy atom. The summed E-state index contributed by atoms with van der Waals surface area (Å²) in [6, 6.07) is 16.2. The van der Waals surface area contributed by atoms with Crippen molar-refractivity contribution in [3.8, 4) is 17.0 Å². The molecule has 1 N–H and O–H groups in total. The Hall–Kier alpha value is -4.01. The van der Waals surface area contributed by atoms with Crippen molar-refractivity contribution >= 4 is 11.6 Å². The monoisotopic (exact) mass is 408 g/mol. The molecule has 0 atom stereocenters. The number of carbonyl (C=O) groups is 1. The number of rotatable bonds is 8. The van der Waals surface area contributed by atoms with Crippen LogP contribution in [-0.4, -0.2) is 34.3 Å². The van der Waals surface area contributed by atoms with E-state index in [-0.39, 0.29) is 36.7 Å². The van der Waals surface area contributed by atoms with Crippen molar-refractivity contribution in [2.24, 2.45) is 0 Å². The number of nitrogens with one attached hydrogen (secondary N) is 1. The number of nitrogens with zero attached hydrogens (tertiary/aromatic N) is 3. The summed E-state index contributed by atoms with van der Waals surface area (Å²) in [5.41, 5.74) is 1.84. The van der Waals surface area contributed by atoms with Crippen LogP contribution in [0.1, 0.15) is 5.56 Å². The van der Waals surface area contributed by atoms with Gasteiger partial charge < -0.3 is 10.1 Å². The average molecular weight is 408 g/mol. The van der Waals surface area contributed by atoms with Crippen LogP contribution in [-0.2, 0) is 17.8 Å². The number of methoxy groups -OCH3 is 1. The van der Waals surface area contributed by atoms with E-state index in [2.05, 4.69) is 10.4 Å². The largest absolute Gasteiger partial charge is 0.497 e. The highest BCUT2D eigenvalue weighted by Gasteiger charge is 2.08. The Balaban J connectivity index is 1.57. The van der Waals surface area contributed by atoms with Crippen LogP contribution in [0.2, 0.25) is 0 Å². The highest BCUT2D eigenvalue weighted by molar-refractivity contribution is 5.78. The Labute approximate surface area is 172 Å². The molecule has 2 aromatic carbocycles. The second-order valence-corrected chi connectivity index (χ2v) is 6.46. The van der Waals surface area contributed by atoms with Gasteiger partial charge in [-0.25, -0.2) is 4.68 Å². The molecule has 0 saturated heterocycles. The maximum atomic E-state index is 12.1. The highest BCUT2D eigenvalue weighted by Crippen LogP contribution is 2.19. The SMILES string of the molecule is COc1ccc(-c2ccc(=O)n(CCNC(=O)Cc3ccc([N+](=O)[O-])cc3)n2)cc1. The lowest BCUT2D eigenvalue weighted by molar-refractivity contribution is -0.384. The topological polar surface area (TPSA) is 116 Å². The summed E-state index contributed by atoms with van der Waals surface area (Å²) < 4.78 is 6.43. The molecule has 0 fully saturated rings. The van der Waals surface area contributed by atoms with E-state index >= 15 is 0 Å². The van der Waals surface area contributed by atoms with Crippen molar-refractivity contribution in [2.45, 2.75) is 13.0 Å². The number of nitro groups is 1. The molecule has 0 bridgehead atoms. The number of benzene rings is 2. The van der Waals surface area contributed by atoms with Crippen LogP contribution in [0.3, 0.4) is 0 Å². The van der Waals surface area contributed by atoms with E-state index in [1.54, 1.807) is 25.3 Å². The molecule has 1 heterocycles. The molecule has 3 rings (SSSR count). The van der Waals surface area contributed by atoms with Crippen LogP contribution < -0.4 is 15.6 Å². The first-order chi connectivity index (χ1) is 14.5. The number of hydrogen-bond acceptors (Lipinski definition) is 6. The number of amides is 1. The Morgan fingerprint density at radius 3 is 2.43 bits per heavy atom. The predicted molar refractivity (Wildman–Crippen MR) is 110 cm³/mol. The lowest BCUT2D eigenvalue weighted by atomic mass is 10.1. The molecule has 0 radical (unpaired) electrons. The standard InChI is InChI=1S/C21H20N4O5/c1-30-18-8-4-16(5-9-18)19-10-11-21(27)24(23-19)13-12-22-20(26)14-15-2-6-17(7-3-15)25(28)29/h2-11H,12-14H2,1H3,(H,22,26). The van der Waals surface area contributed by atoms with Crippen LogP contribution in [0.25, 0.3) is 11.3 Å². The van der Waals surface area contributed by atoms with Gasteiger partial charge in [-0.1, -0.05) is 12.1 Å². The van der Waals surface area contributed by atoms with Crippen molar-refractivity contribution < 1.29 is 14.5 Å². The zero-order valence-corrected chi connectivity index (χ0v) is 16.3. The molecule has 1 amide bonds. The zero-order chi connectivity index (χ0) is 21.5. The number of carbonyl (C=O) groups excluding carboxylic acids is 1. The number of ether oxygens (including phenoxy) is 1. The van der Waals surface area contributed by atoms with Gasteiger partial charge in [-0.05, 0) is 35.9 Å². The van der Waals surface area contributed by atoms with Crippen molar-refractivity contribution in [3.63, 3.8) is 0 Å². The molecule has 3 aromatic rings. The highest BCUT2D eigenvalue weighted by atomic mass is 16.6. The molecule has 1 aromatic heterocycles. The first kappa shape index (κ1) is 20.7. The minimum atomic E-state index is -0.491. The van der Waals surface area contributed by atoms with Gasteiger partial charge in [0.05, 0.1) is 30.7 Å². The van der Waals surface area contributed by atoms with Gasteiger partial charge in [-0.15, -0.1) is 0 Å². The molecule has 154 valence electrons. The molecule has 0 unspecified atom stereocenters. The van der Waals surface area contributed by atoms with Gasteiger partial charge in [-0.2, -0.15) is 5.10 Å². The summed E-state index contributed by atoms with van der Waals surface area (Å²) in [5, 5.41) is 17.8. The van der Waals surface area contributed by atoms with Crippen LogP contribution in [0.4, 0.5) is 5.69 Å². The number of non-ortho nitro benzene ring substituents is 1. The summed E-state index contributed by atoms with van der Waals surface area (Å²) in [6.07, 6.45) is 0.0895. The van der Waals surface area contributed by atoms with E-state index in [4.69, 9.17) is 4.74 Å². The van der Waals surface area contributed by atoms with Crippen LogP contribution >= 0.6 is 0 Å². The lowest BCUT2D eigenvalue weighted by Gasteiger charge is -2.09. The quantitative estimate of drug-likeness (QED) is 0.451. The van der Waals surface area contributed by atoms with Gasteiger partial charge >= 0.3 is 0 Å². The smallest absolute Gasteiger partial charge is 0.269 e. The van der Waals surface area contributed by atoms with Gasteiger partial charge in [0.2, 0.25) is 5.91 Å². The molecule has 9 nitrogen and oxygen atoms in total. The normalized spacial score (nSPS) is 10.4. The minimum absolute atomic E-state index is 0.0265. The molecule has 0 aliphatic heterocycles. The first-order valence-corrected chi connectivity index (χ1v) is 9.19. The van der Waals surface area contributed by atoms with E-state index in [9.17, 15) is 19.7 Å². The van der Waals surface area contributed by atoms with Crippen LogP contribution in [0.5, 0.6) is 5.75 Å². The van der Waals surface area contributed by atoms with Gasteiger partial charge in [0.1, 0.15) is 5.75 Å². The Kier molecular flexibility index (Phi) is 6.53. The van der Waals surface area contributed by atoms with E-state index < -0.39 is 4.92 Å². The number of nitro benzene ring substituents is 1. The van der Waals surface area contributed by atoms with Gasteiger partial charge in [-0.3, -0.25) is 19.7 Å². The second kappa shape index (κ2) is 9.46. The summed E-state index contributed by atoms with van der Waals surface area (Å²) in [5.74, 6) is 0.478. The fourth-order valence-electron chi connectivity index (χ4n) is 2.81. The van der Waals surface area contributed by atoms with Gasteiger partial charge in [0.15, 0.2) is 0 Å². The van der Waals surface area contributed by atoms with Crippen LogP contribution in [0, 0.1) is 10.1 Å². The maximum Gasteiger partial charge on any atom is 0.269 e. The van der Waals surface area contributed by atoms with Gasteiger partial charge in [0, 0.05) is 30.3 Å². The molecule has 0 saturated carbocycles. The van der Waals surface area contributed by atoms with E-state index in [1.807, 2.05) is 24.3 Å². The van der Waals surface area contributed by atoms with Crippen molar-refractivity contribution in [2.75, 3.05) is 13.7 Å². The molecule has 0 aliphatic carbocycles. The van der Waals surface area contributed by atoms with E-state index in [1.165, 1.54) is 22.9 Å². The third kappa shape index (κ3) is 5.28. The summed E-state index contributed by atoms with van der Waals surface area (Å²) in [7, 11) is 1.59. The first-order valence-electron chi connectivity index (χ1n) is 9.19. The maximum absolute atomic E-state index is 12.1. The Bertz CT molecular complexity index is 1090. The van der Waals surface area contributed by atoms with E-state index in [0.717, 1.165) is 11.3 Å². The van der Waals surface area contributed by atoms with Crippen LogP contribution in [0.15, 0.2) is 65.5 Å². The third-order valence-electron chi connectivity index (χ3n) is 4.41. The summed E-state index contributed by atoms with van der Waals surface area (Å²) in [4.78, 5) is 34.3. The molecule has 0 aliphatic rings. The Morgan fingerprint density at radius 2 is 1.80 bits per heavy atom. The second-order valence-electron chi connectivity index (χ2n) is 6.46. The van der Waals surface area contributed by atoms with E-state index in [0.29, 0.717) is 11.3 Å². The molecule has 9 heteroatoms. The third-order valence-corrected chi connectivity index (χ3v) is 4.41. The molecular weight excluding hydrogens is 388 g/mol. The van der Waals surface area contributed by atoms with Crippen molar-refractivity contribution in [1.82, 2.24) is 15.1 Å². The fraction of sp³-hybridized carbons (Fsp3) is 0.190. The number of hydrogen-bond donors (Lipinski definition) is 1. The predicted octanol–water partition coefficient (Wildman–Crippen LogP) is 2.19. The fourth-order valence-corrected chi connectivity index (χ4v) is 2.81. The van der Waals surface area contributed by atoms with Gasteiger partial charge in [0.25, 0.3) is 11.2 Å². The summed E-state index contributed by atoms with van der Waals surface area (Å²) in [6.45, 7) is 0.444.